The van der Waals surface area contributed by atoms with E-state index in [0.717, 1.165) is 33.5 Å². The van der Waals surface area contributed by atoms with Gasteiger partial charge in [0, 0.05) is 35.6 Å². The summed E-state index contributed by atoms with van der Waals surface area (Å²) in [5.74, 6) is 2.66. The molecule has 0 aliphatic heterocycles. The van der Waals surface area contributed by atoms with Gasteiger partial charge in [0.15, 0.2) is 0 Å². The van der Waals surface area contributed by atoms with Crippen molar-refractivity contribution in [2.24, 2.45) is 0 Å². The molecule has 3 aromatic carbocycles. The summed E-state index contributed by atoms with van der Waals surface area (Å²) in [6, 6.07) is 23.5. The van der Waals surface area contributed by atoms with Crippen LogP contribution in [0.25, 0.3) is 10.9 Å². The first kappa shape index (κ1) is 25.3. The second-order valence-electron chi connectivity index (χ2n) is 9.35. The number of methoxy groups -OCH3 is 1. The van der Waals surface area contributed by atoms with Gasteiger partial charge in [0.1, 0.15) is 36.2 Å². The van der Waals surface area contributed by atoms with E-state index in [1.54, 1.807) is 27.0 Å². The Hall–Kier alpha value is -3.77. The Labute approximate surface area is 212 Å². The zero-order valence-electron chi connectivity index (χ0n) is 21.3. The molecule has 6 nitrogen and oxygen atoms in total. The zero-order valence-corrected chi connectivity index (χ0v) is 21.3. The Morgan fingerprint density at radius 2 is 1.47 bits per heavy atom. The largest absolute Gasteiger partial charge is 0.496 e. The molecule has 0 saturated heterocycles. The fourth-order valence-corrected chi connectivity index (χ4v) is 3.78. The van der Waals surface area contributed by atoms with Crippen LogP contribution in [-0.4, -0.2) is 29.4 Å². The molecule has 0 saturated carbocycles. The number of para-hydroxylation sites is 1. The second-order valence-corrected chi connectivity index (χ2v) is 9.35. The third-order valence-electron chi connectivity index (χ3n) is 5.85. The maximum absolute atomic E-state index is 9.94. The highest BCUT2D eigenvalue weighted by Crippen LogP contribution is 2.33. The van der Waals surface area contributed by atoms with Crippen LogP contribution in [0.15, 0.2) is 72.8 Å². The quantitative estimate of drug-likeness (QED) is 0.270. The summed E-state index contributed by atoms with van der Waals surface area (Å²) >= 11 is 0. The predicted molar refractivity (Wildman–Crippen MR) is 141 cm³/mol. The molecule has 188 valence electrons. The zero-order chi connectivity index (χ0) is 25.5. The molecule has 4 aromatic rings. The van der Waals surface area contributed by atoms with Gasteiger partial charge in [-0.25, -0.2) is 4.98 Å². The minimum Gasteiger partial charge on any atom is -0.496 e. The minimum absolute atomic E-state index is 0.259. The molecule has 0 aliphatic rings. The van der Waals surface area contributed by atoms with E-state index >= 15 is 0 Å². The number of aliphatic hydroxyl groups is 1. The Morgan fingerprint density at radius 1 is 0.806 bits per heavy atom. The summed E-state index contributed by atoms with van der Waals surface area (Å²) in [4.78, 5) is 4.85. The Morgan fingerprint density at radius 3 is 2.19 bits per heavy atom. The van der Waals surface area contributed by atoms with Crippen molar-refractivity contribution in [3.8, 4) is 23.0 Å². The van der Waals surface area contributed by atoms with Crippen LogP contribution in [0.4, 0.5) is 0 Å². The first-order valence-electron chi connectivity index (χ1n) is 12.0. The molecule has 0 spiro atoms. The summed E-state index contributed by atoms with van der Waals surface area (Å²) in [6.45, 7) is 6.63. The van der Waals surface area contributed by atoms with Gasteiger partial charge in [-0.15, -0.1) is 0 Å². The van der Waals surface area contributed by atoms with Gasteiger partial charge in [-0.05, 0) is 38.5 Å². The second kappa shape index (κ2) is 11.3. The SMILES string of the molecule is COc1cc(OCCC(C)(C)O)cc(OCc2nc3ccccc3c(OCc3ccccc3)c2C)c1. The maximum Gasteiger partial charge on any atom is 0.134 e. The minimum atomic E-state index is -0.794. The molecule has 1 aromatic heterocycles. The number of rotatable bonds is 11. The van der Waals surface area contributed by atoms with Crippen molar-refractivity contribution in [2.45, 2.75) is 46.0 Å². The van der Waals surface area contributed by atoms with Crippen molar-refractivity contribution >= 4 is 10.9 Å². The number of pyridine rings is 1. The van der Waals surface area contributed by atoms with Crippen molar-refractivity contribution in [1.29, 1.82) is 0 Å². The van der Waals surface area contributed by atoms with Gasteiger partial charge in [-0.2, -0.15) is 0 Å². The van der Waals surface area contributed by atoms with Crippen molar-refractivity contribution < 1.29 is 24.1 Å². The number of hydrogen-bond donors (Lipinski definition) is 1. The van der Waals surface area contributed by atoms with Crippen LogP contribution in [0.1, 0.15) is 37.1 Å². The number of benzene rings is 3. The summed E-state index contributed by atoms with van der Waals surface area (Å²) < 4.78 is 23.7. The average Bonchev–Trinajstić information content (AvgIpc) is 2.86. The lowest BCUT2D eigenvalue weighted by atomic mass is 10.1. The highest BCUT2D eigenvalue weighted by molar-refractivity contribution is 5.86. The van der Waals surface area contributed by atoms with Crippen molar-refractivity contribution in [1.82, 2.24) is 4.98 Å². The molecule has 0 bridgehead atoms. The molecule has 0 fully saturated rings. The van der Waals surface area contributed by atoms with Crippen LogP contribution in [0.5, 0.6) is 23.0 Å². The van der Waals surface area contributed by atoms with E-state index in [1.165, 1.54) is 0 Å². The molecule has 1 N–H and O–H groups in total. The lowest BCUT2D eigenvalue weighted by molar-refractivity contribution is 0.0553. The highest BCUT2D eigenvalue weighted by Gasteiger charge is 2.15. The fourth-order valence-electron chi connectivity index (χ4n) is 3.78. The van der Waals surface area contributed by atoms with Gasteiger partial charge in [0.05, 0.1) is 30.5 Å². The van der Waals surface area contributed by atoms with Crippen LogP contribution >= 0.6 is 0 Å². The third kappa shape index (κ3) is 6.67. The van der Waals surface area contributed by atoms with Crippen LogP contribution in [-0.2, 0) is 13.2 Å². The molecule has 0 unspecified atom stereocenters. The first-order chi connectivity index (χ1) is 17.3. The smallest absolute Gasteiger partial charge is 0.134 e. The van der Waals surface area contributed by atoms with E-state index in [0.29, 0.717) is 36.9 Å². The average molecular weight is 488 g/mol. The van der Waals surface area contributed by atoms with E-state index in [1.807, 2.05) is 73.7 Å². The van der Waals surface area contributed by atoms with Crippen LogP contribution < -0.4 is 18.9 Å². The van der Waals surface area contributed by atoms with E-state index in [4.69, 9.17) is 23.9 Å². The van der Waals surface area contributed by atoms with Crippen molar-refractivity contribution in [3.63, 3.8) is 0 Å². The monoisotopic (exact) mass is 487 g/mol. The van der Waals surface area contributed by atoms with Crippen LogP contribution in [0.2, 0.25) is 0 Å². The lowest BCUT2D eigenvalue weighted by Gasteiger charge is -2.18. The standard InChI is InChI=1S/C30H33NO5/c1-21-28(20-35-25-17-23(33-4)16-24(18-25)34-15-14-30(2,3)32)31-27-13-9-8-12-26(27)29(21)36-19-22-10-6-5-7-11-22/h5-13,16-18,32H,14-15,19-20H2,1-4H3. The number of hydrogen-bond acceptors (Lipinski definition) is 6. The van der Waals surface area contributed by atoms with Gasteiger partial charge in [0.2, 0.25) is 0 Å². The third-order valence-corrected chi connectivity index (χ3v) is 5.85. The Kier molecular flexibility index (Phi) is 7.96. The molecule has 0 radical (unpaired) electrons. The molecular formula is C30H33NO5. The summed E-state index contributed by atoms with van der Waals surface area (Å²) in [5.41, 5.74) is 2.89. The van der Waals surface area contributed by atoms with E-state index < -0.39 is 5.60 Å². The van der Waals surface area contributed by atoms with E-state index in [2.05, 4.69) is 0 Å². The van der Waals surface area contributed by atoms with Gasteiger partial charge in [0.25, 0.3) is 0 Å². The molecular weight excluding hydrogens is 454 g/mol. The van der Waals surface area contributed by atoms with Crippen molar-refractivity contribution in [2.75, 3.05) is 13.7 Å². The number of ether oxygens (including phenoxy) is 4. The van der Waals surface area contributed by atoms with Gasteiger partial charge in [-0.1, -0.05) is 42.5 Å². The number of nitrogens with zero attached hydrogens (tertiary/aromatic N) is 1. The Bertz CT molecular complexity index is 1300. The normalized spacial score (nSPS) is 11.4. The fraction of sp³-hybridized carbons (Fsp3) is 0.300. The molecule has 36 heavy (non-hydrogen) atoms. The van der Waals surface area contributed by atoms with E-state index in [9.17, 15) is 5.11 Å². The van der Waals surface area contributed by atoms with Crippen LogP contribution in [0.3, 0.4) is 0 Å². The summed E-state index contributed by atoms with van der Waals surface area (Å²) in [5, 5.41) is 10.9. The van der Waals surface area contributed by atoms with Gasteiger partial charge >= 0.3 is 0 Å². The molecule has 6 heteroatoms. The summed E-state index contributed by atoms with van der Waals surface area (Å²) in [7, 11) is 1.60. The molecule has 1 heterocycles. The lowest BCUT2D eigenvalue weighted by Crippen LogP contribution is -2.21. The molecule has 4 rings (SSSR count). The summed E-state index contributed by atoms with van der Waals surface area (Å²) in [6.07, 6.45) is 0.506. The van der Waals surface area contributed by atoms with Crippen molar-refractivity contribution in [3.05, 3.63) is 89.6 Å². The van der Waals surface area contributed by atoms with Crippen LogP contribution in [0, 0.1) is 6.92 Å². The molecule has 0 amide bonds. The van der Waals surface area contributed by atoms with Gasteiger partial charge in [-0.3, -0.25) is 0 Å². The number of fused-ring (bicyclic) bond motifs is 1. The Balaban J connectivity index is 1.55. The number of aromatic nitrogens is 1. The highest BCUT2D eigenvalue weighted by atomic mass is 16.5. The first-order valence-corrected chi connectivity index (χ1v) is 12.0. The topological polar surface area (TPSA) is 70.0 Å². The van der Waals surface area contributed by atoms with Gasteiger partial charge < -0.3 is 24.1 Å². The maximum atomic E-state index is 9.94. The predicted octanol–water partition coefficient (Wildman–Crippen LogP) is 6.25. The molecule has 0 atom stereocenters. The molecule has 0 aliphatic carbocycles. The van der Waals surface area contributed by atoms with E-state index in [-0.39, 0.29) is 6.61 Å².